The van der Waals surface area contributed by atoms with Gasteiger partial charge in [-0.2, -0.15) is 5.26 Å². The quantitative estimate of drug-likeness (QED) is 0.755. The Bertz CT molecular complexity index is 1000. The van der Waals surface area contributed by atoms with Crippen LogP contribution >= 0.6 is 0 Å². The highest BCUT2D eigenvalue weighted by molar-refractivity contribution is 5.99. The zero-order valence-corrected chi connectivity index (χ0v) is 16.0. The standard InChI is InChI=1S/C21H19F2N5O2/c22-17-7-15(17)11-28(12-18(29)27-20-25-9-13(8-24)10-26-20)19(30)14-1-3-16(4-2-14)21(23)5-6-21/h1-4,9-10,15,17H,5-7,11-12H2,(H,25,26,27,29). The van der Waals surface area contributed by atoms with E-state index in [2.05, 4.69) is 15.3 Å². The summed E-state index contributed by atoms with van der Waals surface area (Å²) in [5, 5.41) is 11.2. The fourth-order valence-corrected chi connectivity index (χ4v) is 3.18. The first-order chi connectivity index (χ1) is 14.4. The van der Waals surface area contributed by atoms with E-state index in [0.717, 1.165) is 0 Å². The summed E-state index contributed by atoms with van der Waals surface area (Å²) in [4.78, 5) is 34.3. The van der Waals surface area contributed by atoms with Crippen LogP contribution in [-0.4, -0.2) is 45.9 Å². The molecular weight excluding hydrogens is 392 g/mol. The number of hydrogen-bond acceptors (Lipinski definition) is 5. The number of anilines is 1. The summed E-state index contributed by atoms with van der Waals surface area (Å²) in [5.74, 6) is -1.27. The maximum Gasteiger partial charge on any atom is 0.254 e. The summed E-state index contributed by atoms with van der Waals surface area (Å²) in [6, 6.07) is 8.10. The van der Waals surface area contributed by atoms with Crippen molar-refractivity contribution in [2.45, 2.75) is 31.1 Å². The predicted octanol–water partition coefficient (Wildman–Crippen LogP) is 2.75. The van der Waals surface area contributed by atoms with Gasteiger partial charge < -0.3 is 4.90 Å². The largest absolute Gasteiger partial charge is 0.329 e. The molecule has 0 spiro atoms. The monoisotopic (exact) mass is 411 g/mol. The van der Waals surface area contributed by atoms with Crippen molar-refractivity contribution >= 4 is 17.8 Å². The highest BCUT2D eigenvalue weighted by Crippen LogP contribution is 2.49. The third-order valence-corrected chi connectivity index (χ3v) is 5.28. The average Bonchev–Trinajstić information content (AvgIpc) is 3.67. The number of amides is 2. The van der Waals surface area contributed by atoms with Crippen molar-refractivity contribution in [1.82, 2.24) is 14.9 Å². The van der Waals surface area contributed by atoms with Crippen molar-refractivity contribution in [3.8, 4) is 6.07 Å². The van der Waals surface area contributed by atoms with E-state index < -0.39 is 23.7 Å². The van der Waals surface area contributed by atoms with Gasteiger partial charge in [0.25, 0.3) is 5.91 Å². The SMILES string of the molecule is N#Cc1cnc(NC(=O)CN(CC2CC2F)C(=O)c2ccc(C3(F)CC3)cc2)nc1. The average molecular weight is 411 g/mol. The minimum absolute atomic E-state index is 0.00298. The van der Waals surface area contributed by atoms with Gasteiger partial charge in [-0.1, -0.05) is 12.1 Å². The van der Waals surface area contributed by atoms with Crippen LogP contribution < -0.4 is 5.32 Å². The Morgan fingerprint density at radius 3 is 2.40 bits per heavy atom. The molecule has 2 aliphatic rings. The molecule has 2 unspecified atom stereocenters. The van der Waals surface area contributed by atoms with E-state index >= 15 is 0 Å². The molecule has 4 rings (SSSR count). The molecule has 7 nitrogen and oxygen atoms in total. The van der Waals surface area contributed by atoms with Gasteiger partial charge >= 0.3 is 0 Å². The summed E-state index contributed by atoms with van der Waals surface area (Å²) < 4.78 is 27.6. The Balaban J connectivity index is 1.44. The molecule has 0 bridgehead atoms. The highest BCUT2D eigenvalue weighted by Gasteiger charge is 2.45. The number of rotatable bonds is 7. The van der Waals surface area contributed by atoms with Gasteiger partial charge in [0.15, 0.2) is 0 Å². The van der Waals surface area contributed by atoms with Crippen molar-refractivity contribution in [3.63, 3.8) is 0 Å². The number of nitrogens with one attached hydrogen (secondary N) is 1. The van der Waals surface area contributed by atoms with Gasteiger partial charge in [-0.3, -0.25) is 14.9 Å². The molecule has 9 heteroatoms. The first-order valence-electron chi connectivity index (χ1n) is 9.63. The Hall–Kier alpha value is -3.41. The van der Waals surface area contributed by atoms with Crippen LogP contribution in [0.15, 0.2) is 36.7 Å². The summed E-state index contributed by atoms with van der Waals surface area (Å²) in [5.41, 5.74) is -0.205. The molecule has 1 aromatic heterocycles. The van der Waals surface area contributed by atoms with Crippen LogP contribution in [0.2, 0.25) is 0 Å². The summed E-state index contributed by atoms with van der Waals surface area (Å²) in [6.07, 6.45) is 2.86. The zero-order chi connectivity index (χ0) is 21.3. The Labute approximate surface area is 171 Å². The fourth-order valence-electron chi connectivity index (χ4n) is 3.18. The normalized spacial score (nSPS) is 20.7. The summed E-state index contributed by atoms with van der Waals surface area (Å²) in [7, 11) is 0. The van der Waals surface area contributed by atoms with Gasteiger partial charge in [-0.25, -0.2) is 18.7 Å². The van der Waals surface area contributed by atoms with Crippen LogP contribution in [0.3, 0.4) is 0 Å². The maximum absolute atomic E-state index is 14.2. The lowest BCUT2D eigenvalue weighted by Gasteiger charge is -2.22. The first kappa shape index (κ1) is 19.9. The van der Waals surface area contributed by atoms with Gasteiger partial charge in [0.1, 0.15) is 24.5 Å². The molecule has 30 heavy (non-hydrogen) atoms. The molecular formula is C21H19F2N5O2. The minimum Gasteiger partial charge on any atom is -0.329 e. The van der Waals surface area contributed by atoms with Crippen LogP contribution in [0, 0.1) is 17.2 Å². The third kappa shape index (κ3) is 4.43. The topological polar surface area (TPSA) is 99.0 Å². The molecule has 2 atom stereocenters. The number of nitrogens with zero attached hydrogens (tertiary/aromatic N) is 4. The number of carbonyl (C=O) groups excluding carboxylic acids is 2. The lowest BCUT2D eigenvalue weighted by atomic mass is 10.1. The zero-order valence-electron chi connectivity index (χ0n) is 16.0. The molecule has 154 valence electrons. The number of nitriles is 1. The lowest BCUT2D eigenvalue weighted by molar-refractivity contribution is -0.117. The van der Waals surface area contributed by atoms with Gasteiger partial charge in [-0.05, 0) is 37.0 Å². The Kier molecular flexibility index (Phi) is 5.16. The molecule has 2 aliphatic carbocycles. The van der Waals surface area contributed by atoms with Crippen LogP contribution in [0.25, 0.3) is 0 Å². The van der Waals surface area contributed by atoms with Crippen molar-refractivity contribution in [2.75, 3.05) is 18.4 Å². The molecule has 2 fully saturated rings. The Morgan fingerprint density at radius 2 is 1.87 bits per heavy atom. The molecule has 2 saturated carbocycles. The van der Waals surface area contributed by atoms with Crippen LogP contribution in [-0.2, 0) is 10.5 Å². The van der Waals surface area contributed by atoms with Crippen LogP contribution in [0.1, 0.15) is 40.7 Å². The van der Waals surface area contributed by atoms with E-state index in [-0.39, 0.29) is 30.5 Å². The number of hydrogen-bond donors (Lipinski definition) is 1. The van der Waals surface area contributed by atoms with Gasteiger partial charge in [0.05, 0.1) is 18.0 Å². The summed E-state index contributed by atoms with van der Waals surface area (Å²) in [6.45, 7) is -0.198. The van der Waals surface area contributed by atoms with Gasteiger partial charge in [0.2, 0.25) is 11.9 Å². The van der Waals surface area contributed by atoms with E-state index in [9.17, 15) is 18.4 Å². The summed E-state index contributed by atoms with van der Waals surface area (Å²) >= 11 is 0. The molecule has 0 aliphatic heterocycles. The lowest BCUT2D eigenvalue weighted by Crippen LogP contribution is -2.39. The van der Waals surface area contributed by atoms with E-state index in [1.807, 2.05) is 6.07 Å². The second-order valence-electron chi connectivity index (χ2n) is 7.70. The van der Waals surface area contributed by atoms with E-state index in [4.69, 9.17) is 5.26 Å². The smallest absolute Gasteiger partial charge is 0.254 e. The second kappa shape index (κ2) is 7.78. The van der Waals surface area contributed by atoms with Crippen molar-refractivity contribution in [1.29, 1.82) is 5.26 Å². The van der Waals surface area contributed by atoms with Gasteiger partial charge in [-0.15, -0.1) is 0 Å². The number of halogens is 2. The van der Waals surface area contributed by atoms with Crippen molar-refractivity contribution in [3.05, 3.63) is 53.3 Å². The second-order valence-corrected chi connectivity index (χ2v) is 7.70. The number of carbonyl (C=O) groups is 2. The molecule has 0 radical (unpaired) electrons. The molecule has 1 N–H and O–H groups in total. The van der Waals surface area contributed by atoms with Crippen molar-refractivity contribution < 1.29 is 18.4 Å². The fraction of sp³-hybridized carbons (Fsp3) is 0.381. The van der Waals surface area contributed by atoms with Crippen LogP contribution in [0.4, 0.5) is 14.7 Å². The van der Waals surface area contributed by atoms with E-state index in [0.29, 0.717) is 30.4 Å². The van der Waals surface area contributed by atoms with E-state index in [1.54, 1.807) is 12.1 Å². The third-order valence-electron chi connectivity index (χ3n) is 5.28. The van der Waals surface area contributed by atoms with Gasteiger partial charge in [0, 0.05) is 18.0 Å². The molecule has 2 aromatic rings. The molecule has 1 aromatic carbocycles. The first-order valence-corrected chi connectivity index (χ1v) is 9.63. The van der Waals surface area contributed by atoms with Crippen LogP contribution in [0.5, 0.6) is 0 Å². The highest BCUT2D eigenvalue weighted by atomic mass is 19.1. The molecule has 1 heterocycles. The Morgan fingerprint density at radius 1 is 1.23 bits per heavy atom. The number of aromatic nitrogens is 2. The van der Waals surface area contributed by atoms with Crippen molar-refractivity contribution in [2.24, 2.45) is 5.92 Å². The number of benzene rings is 1. The van der Waals surface area contributed by atoms with E-state index in [1.165, 1.54) is 29.4 Å². The molecule has 0 saturated heterocycles. The minimum atomic E-state index is -1.29. The predicted molar refractivity (Wildman–Crippen MR) is 103 cm³/mol. The maximum atomic E-state index is 14.2. The number of alkyl halides is 2. The molecule has 2 amide bonds.